The summed E-state index contributed by atoms with van der Waals surface area (Å²) < 4.78 is 7.12. The van der Waals surface area contributed by atoms with E-state index in [-0.39, 0.29) is 6.10 Å². The SMILES string of the molecule is COc1ccc(-n2nc(C3(O)CCC(O)CC3)cc2-c2ccccc2)cc1. The molecular formula is C22H24N2O3. The third-order valence-electron chi connectivity index (χ3n) is 5.35. The van der Waals surface area contributed by atoms with Crippen LogP contribution in [0.4, 0.5) is 0 Å². The Morgan fingerprint density at radius 2 is 1.70 bits per heavy atom. The zero-order valence-corrected chi connectivity index (χ0v) is 15.4. The summed E-state index contributed by atoms with van der Waals surface area (Å²) in [5, 5.41) is 25.7. The normalized spacial score (nSPS) is 22.6. The highest BCUT2D eigenvalue weighted by molar-refractivity contribution is 5.63. The van der Waals surface area contributed by atoms with Gasteiger partial charge in [0.2, 0.25) is 0 Å². The minimum Gasteiger partial charge on any atom is -0.497 e. The maximum absolute atomic E-state index is 11.2. The lowest BCUT2D eigenvalue weighted by atomic mass is 9.81. The van der Waals surface area contributed by atoms with E-state index in [4.69, 9.17) is 9.84 Å². The van der Waals surface area contributed by atoms with E-state index in [1.807, 2.05) is 65.3 Å². The number of aromatic nitrogens is 2. The van der Waals surface area contributed by atoms with Crippen molar-refractivity contribution < 1.29 is 14.9 Å². The van der Waals surface area contributed by atoms with Crippen molar-refractivity contribution in [1.82, 2.24) is 9.78 Å². The molecule has 1 heterocycles. The molecule has 27 heavy (non-hydrogen) atoms. The van der Waals surface area contributed by atoms with E-state index < -0.39 is 5.60 Å². The number of aliphatic hydroxyl groups is 2. The molecule has 1 aliphatic carbocycles. The molecule has 5 heteroatoms. The van der Waals surface area contributed by atoms with Crippen molar-refractivity contribution in [3.63, 3.8) is 0 Å². The first-order chi connectivity index (χ1) is 13.1. The molecule has 0 saturated heterocycles. The Kier molecular flexibility index (Phi) is 4.72. The quantitative estimate of drug-likeness (QED) is 0.741. The minimum absolute atomic E-state index is 0.331. The van der Waals surface area contributed by atoms with Crippen molar-refractivity contribution in [2.45, 2.75) is 37.4 Å². The van der Waals surface area contributed by atoms with Gasteiger partial charge in [-0.2, -0.15) is 5.10 Å². The summed E-state index contributed by atoms with van der Waals surface area (Å²) in [4.78, 5) is 0. The van der Waals surface area contributed by atoms with Crippen LogP contribution in [0.3, 0.4) is 0 Å². The molecular weight excluding hydrogens is 340 g/mol. The van der Waals surface area contributed by atoms with E-state index >= 15 is 0 Å². The predicted molar refractivity (Wildman–Crippen MR) is 104 cm³/mol. The lowest BCUT2D eigenvalue weighted by Crippen LogP contribution is -2.33. The Morgan fingerprint density at radius 1 is 1.04 bits per heavy atom. The summed E-state index contributed by atoms with van der Waals surface area (Å²) in [5.74, 6) is 0.785. The second kappa shape index (κ2) is 7.18. The largest absolute Gasteiger partial charge is 0.497 e. The van der Waals surface area contributed by atoms with E-state index in [1.54, 1.807) is 7.11 Å². The molecule has 5 nitrogen and oxygen atoms in total. The van der Waals surface area contributed by atoms with Gasteiger partial charge in [-0.05, 0) is 56.0 Å². The molecule has 3 aromatic rings. The van der Waals surface area contributed by atoms with Crippen LogP contribution in [0.1, 0.15) is 31.4 Å². The number of hydrogen-bond donors (Lipinski definition) is 2. The third kappa shape index (κ3) is 3.48. The fourth-order valence-corrected chi connectivity index (χ4v) is 3.68. The van der Waals surface area contributed by atoms with Gasteiger partial charge in [-0.25, -0.2) is 4.68 Å². The van der Waals surface area contributed by atoms with E-state index in [0.29, 0.717) is 31.4 Å². The summed E-state index contributed by atoms with van der Waals surface area (Å²) in [6, 6.07) is 19.7. The van der Waals surface area contributed by atoms with Crippen LogP contribution in [0.2, 0.25) is 0 Å². The molecule has 1 aliphatic rings. The molecule has 1 saturated carbocycles. The summed E-state index contributed by atoms with van der Waals surface area (Å²) in [6.07, 6.45) is 1.88. The molecule has 0 unspecified atom stereocenters. The maximum Gasteiger partial charge on any atom is 0.119 e. The summed E-state index contributed by atoms with van der Waals surface area (Å²) >= 11 is 0. The predicted octanol–water partition coefficient (Wildman–Crippen LogP) is 3.67. The highest BCUT2D eigenvalue weighted by Gasteiger charge is 2.37. The van der Waals surface area contributed by atoms with Crippen molar-refractivity contribution in [2.24, 2.45) is 0 Å². The van der Waals surface area contributed by atoms with Gasteiger partial charge >= 0.3 is 0 Å². The Bertz CT molecular complexity index is 895. The number of aliphatic hydroxyl groups excluding tert-OH is 1. The first-order valence-electron chi connectivity index (χ1n) is 9.30. The molecule has 0 bridgehead atoms. The van der Waals surface area contributed by atoms with Gasteiger partial charge in [0, 0.05) is 5.56 Å². The second-order valence-electron chi connectivity index (χ2n) is 7.15. The average Bonchev–Trinajstić information content (AvgIpc) is 3.17. The second-order valence-corrected chi connectivity index (χ2v) is 7.15. The van der Waals surface area contributed by atoms with Gasteiger partial charge in [0.05, 0.1) is 30.3 Å². The van der Waals surface area contributed by atoms with Crippen LogP contribution in [0, 0.1) is 0 Å². The number of benzene rings is 2. The molecule has 2 aromatic carbocycles. The van der Waals surface area contributed by atoms with E-state index in [1.165, 1.54) is 0 Å². The number of methoxy groups -OCH3 is 1. The smallest absolute Gasteiger partial charge is 0.119 e. The molecule has 0 radical (unpaired) electrons. The highest BCUT2D eigenvalue weighted by atomic mass is 16.5. The zero-order chi connectivity index (χ0) is 18.9. The standard InChI is InChI=1S/C22H24N2O3/c1-27-19-9-7-17(8-10-19)24-20(16-5-3-2-4-6-16)15-21(23-24)22(26)13-11-18(25)12-14-22/h2-10,15,18,25-26H,11-14H2,1H3. The van der Waals surface area contributed by atoms with Crippen LogP contribution in [0.5, 0.6) is 5.75 Å². The van der Waals surface area contributed by atoms with Gasteiger partial charge in [0.1, 0.15) is 11.4 Å². The van der Waals surface area contributed by atoms with Gasteiger partial charge in [-0.3, -0.25) is 0 Å². The van der Waals surface area contributed by atoms with Crippen molar-refractivity contribution in [3.8, 4) is 22.7 Å². The molecule has 0 amide bonds. The third-order valence-corrected chi connectivity index (χ3v) is 5.35. The van der Waals surface area contributed by atoms with Crippen LogP contribution >= 0.6 is 0 Å². The van der Waals surface area contributed by atoms with Crippen molar-refractivity contribution in [2.75, 3.05) is 7.11 Å². The Labute approximate surface area is 158 Å². The van der Waals surface area contributed by atoms with Crippen LogP contribution < -0.4 is 4.74 Å². The molecule has 1 fully saturated rings. The number of rotatable bonds is 4. The van der Waals surface area contributed by atoms with Gasteiger partial charge in [-0.15, -0.1) is 0 Å². The molecule has 4 rings (SSSR count). The molecule has 0 atom stereocenters. The van der Waals surface area contributed by atoms with Crippen LogP contribution in [0.15, 0.2) is 60.7 Å². The summed E-state index contributed by atoms with van der Waals surface area (Å²) in [7, 11) is 1.64. The van der Waals surface area contributed by atoms with Crippen LogP contribution in [-0.2, 0) is 5.60 Å². The Morgan fingerprint density at radius 3 is 2.33 bits per heavy atom. The maximum atomic E-state index is 11.2. The fraction of sp³-hybridized carbons (Fsp3) is 0.318. The molecule has 2 N–H and O–H groups in total. The Hall–Kier alpha value is -2.63. The van der Waals surface area contributed by atoms with E-state index in [0.717, 1.165) is 22.7 Å². The zero-order valence-electron chi connectivity index (χ0n) is 15.4. The lowest BCUT2D eigenvalue weighted by Gasteiger charge is -2.32. The van der Waals surface area contributed by atoms with Gasteiger partial charge < -0.3 is 14.9 Å². The number of hydrogen-bond acceptors (Lipinski definition) is 4. The minimum atomic E-state index is -1.000. The van der Waals surface area contributed by atoms with Crippen molar-refractivity contribution >= 4 is 0 Å². The van der Waals surface area contributed by atoms with Crippen LogP contribution in [-0.4, -0.2) is 33.2 Å². The molecule has 140 valence electrons. The first kappa shape index (κ1) is 17.8. The monoisotopic (exact) mass is 364 g/mol. The first-order valence-corrected chi connectivity index (χ1v) is 9.30. The topological polar surface area (TPSA) is 67.5 Å². The van der Waals surface area contributed by atoms with E-state index in [9.17, 15) is 10.2 Å². The van der Waals surface area contributed by atoms with E-state index in [2.05, 4.69) is 0 Å². The molecule has 0 aliphatic heterocycles. The number of ether oxygens (including phenoxy) is 1. The Balaban J connectivity index is 1.80. The summed E-state index contributed by atoms with van der Waals surface area (Å²) in [5.41, 5.74) is 2.52. The highest BCUT2D eigenvalue weighted by Crippen LogP contribution is 2.38. The number of nitrogens with zero attached hydrogens (tertiary/aromatic N) is 2. The van der Waals surface area contributed by atoms with Gasteiger partial charge in [0.25, 0.3) is 0 Å². The molecule has 0 spiro atoms. The lowest BCUT2D eigenvalue weighted by molar-refractivity contribution is -0.0393. The fourth-order valence-electron chi connectivity index (χ4n) is 3.68. The summed E-state index contributed by atoms with van der Waals surface area (Å²) in [6.45, 7) is 0. The van der Waals surface area contributed by atoms with Crippen molar-refractivity contribution in [3.05, 3.63) is 66.4 Å². The van der Waals surface area contributed by atoms with Crippen molar-refractivity contribution in [1.29, 1.82) is 0 Å². The van der Waals surface area contributed by atoms with Gasteiger partial charge in [0.15, 0.2) is 0 Å². The molecule has 1 aromatic heterocycles. The average molecular weight is 364 g/mol. The van der Waals surface area contributed by atoms with Gasteiger partial charge in [-0.1, -0.05) is 30.3 Å². The van der Waals surface area contributed by atoms with Crippen LogP contribution in [0.25, 0.3) is 16.9 Å².